The van der Waals surface area contributed by atoms with Gasteiger partial charge in [-0.15, -0.1) is 24.0 Å². The minimum absolute atomic E-state index is 0. The standard InChI is InChI=1S/C17H32N4O2.HI/c1-14(2)12-19-17(20-13-16(22)21(3)4)18-10-7-9-15-8-5-6-11-23-15;/h15H,1,5-13H2,2-4H3,(H2,18,19,20);1H. The van der Waals surface area contributed by atoms with Crippen LogP contribution in [0.15, 0.2) is 17.1 Å². The number of aliphatic imine (C=N–C) groups is 1. The van der Waals surface area contributed by atoms with Gasteiger partial charge in [-0.05, 0) is 39.0 Å². The van der Waals surface area contributed by atoms with E-state index in [1.54, 1.807) is 19.0 Å². The molecule has 1 rings (SSSR count). The van der Waals surface area contributed by atoms with Gasteiger partial charge >= 0.3 is 0 Å². The summed E-state index contributed by atoms with van der Waals surface area (Å²) in [6, 6.07) is 0. The van der Waals surface area contributed by atoms with Crippen LogP contribution in [-0.4, -0.2) is 63.2 Å². The average Bonchev–Trinajstić information content (AvgIpc) is 2.53. The van der Waals surface area contributed by atoms with E-state index in [1.165, 1.54) is 19.3 Å². The summed E-state index contributed by atoms with van der Waals surface area (Å²) in [7, 11) is 3.47. The Labute approximate surface area is 163 Å². The van der Waals surface area contributed by atoms with Crippen molar-refractivity contribution in [3.63, 3.8) is 0 Å². The van der Waals surface area contributed by atoms with Gasteiger partial charge in [-0.2, -0.15) is 0 Å². The fourth-order valence-electron chi connectivity index (χ4n) is 2.27. The number of rotatable bonds is 8. The summed E-state index contributed by atoms with van der Waals surface area (Å²) in [5, 5.41) is 6.47. The zero-order chi connectivity index (χ0) is 17.1. The fraction of sp³-hybridized carbons (Fsp3) is 0.765. The number of ether oxygens (including phenoxy) is 1. The highest BCUT2D eigenvalue weighted by Crippen LogP contribution is 2.16. The first-order chi connectivity index (χ1) is 11.0. The highest BCUT2D eigenvalue weighted by molar-refractivity contribution is 14.0. The van der Waals surface area contributed by atoms with Gasteiger partial charge in [0.2, 0.25) is 5.91 Å². The van der Waals surface area contributed by atoms with Gasteiger partial charge in [0, 0.05) is 33.8 Å². The van der Waals surface area contributed by atoms with Crippen molar-refractivity contribution in [3.05, 3.63) is 12.2 Å². The van der Waals surface area contributed by atoms with Gasteiger partial charge in [0.05, 0.1) is 6.10 Å². The van der Waals surface area contributed by atoms with Crippen molar-refractivity contribution in [2.75, 3.05) is 40.3 Å². The van der Waals surface area contributed by atoms with Crippen LogP contribution in [0.2, 0.25) is 0 Å². The maximum atomic E-state index is 11.7. The molecule has 2 N–H and O–H groups in total. The van der Waals surface area contributed by atoms with E-state index >= 15 is 0 Å². The van der Waals surface area contributed by atoms with E-state index in [9.17, 15) is 4.79 Å². The normalized spacial score (nSPS) is 17.6. The number of guanidine groups is 1. The van der Waals surface area contributed by atoms with Crippen LogP contribution in [0.4, 0.5) is 0 Å². The number of carbonyl (C=O) groups excluding carboxylic acids is 1. The zero-order valence-corrected chi connectivity index (χ0v) is 17.6. The average molecular weight is 452 g/mol. The molecule has 1 aliphatic rings. The van der Waals surface area contributed by atoms with E-state index in [-0.39, 0.29) is 36.4 Å². The Bertz CT molecular complexity index is 407. The van der Waals surface area contributed by atoms with Crippen molar-refractivity contribution in [1.29, 1.82) is 0 Å². The number of nitrogens with one attached hydrogen (secondary N) is 2. The molecule has 1 atom stereocenters. The van der Waals surface area contributed by atoms with Crippen LogP contribution in [0.25, 0.3) is 0 Å². The molecule has 24 heavy (non-hydrogen) atoms. The lowest BCUT2D eigenvalue weighted by Gasteiger charge is -2.22. The number of hydrogen-bond acceptors (Lipinski definition) is 3. The molecule has 140 valence electrons. The summed E-state index contributed by atoms with van der Waals surface area (Å²) in [6.45, 7) is 8.33. The molecule has 1 aliphatic heterocycles. The number of amides is 1. The molecular weight excluding hydrogens is 419 g/mol. The van der Waals surface area contributed by atoms with Crippen LogP contribution >= 0.6 is 24.0 Å². The second-order valence-corrected chi connectivity index (χ2v) is 6.32. The summed E-state index contributed by atoms with van der Waals surface area (Å²) in [5.74, 6) is 0.643. The van der Waals surface area contributed by atoms with Gasteiger partial charge < -0.3 is 20.3 Å². The van der Waals surface area contributed by atoms with Gasteiger partial charge in [0.1, 0.15) is 6.54 Å². The molecule has 0 aromatic heterocycles. The number of likely N-dealkylation sites (N-methyl/N-ethyl adjacent to an activating group) is 1. The van der Waals surface area contributed by atoms with E-state index in [2.05, 4.69) is 22.2 Å². The van der Waals surface area contributed by atoms with E-state index in [4.69, 9.17) is 4.74 Å². The van der Waals surface area contributed by atoms with Gasteiger partial charge in [-0.25, -0.2) is 4.99 Å². The van der Waals surface area contributed by atoms with Gasteiger partial charge in [-0.3, -0.25) is 4.79 Å². The molecule has 0 saturated carbocycles. The molecule has 1 amide bonds. The number of hydrogen-bond donors (Lipinski definition) is 2. The van der Waals surface area contributed by atoms with Crippen LogP contribution in [0.5, 0.6) is 0 Å². The molecule has 1 saturated heterocycles. The molecule has 0 aromatic rings. The molecule has 0 aromatic carbocycles. The third-order valence-electron chi connectivity index (χ3n) is 3.70. The maximum Gasteiger partial charge on any atom is 0.243 e. The molecule has 1 heterocycles. The predicted octanol–water partition coefficient (Wildman–Crippen LogP) is 2.15. The van der Waals surface area contributed by atoms with Crippen molar-refractivity contribution in [2.45, 2.75) is 45.1 Å². The smallest absolute Gasteiger partial charge is 0.243 e. The maximum absolute atomic E-state index is 11.7. The minimum Gasteiger partial charge on any atom is -0.378 e. The Kier molecular flexibility index (Phi) is 13.0. The topological polar surface area (TPSA) is 66.0 Å². The fourth-order valence-corrected chi connectivity index (χ4v) is 2.27. The number of halogens is 1. The van der Waals surface area contributed by atoms with Crippen LogP contribution in [0.3, 0.4) is 0 Å². The zero-order valence-electron chi connectivity index (χ0n) is 15.3. The molecule has 6 nitrogen and oxygen atoms in total. The third kappa shape index (κ3) is 10.9. The number of carbonyl (C=O) groups is 1. The van der Waals surface area contributed by atoms with Crippen molar-refractivity contribution >= 4 is 35.8 Å². The first-order valence-corrected chi connectivity index (χ1v) is 8.47. The minimum atomic E-state index is -0.0166. The Morgan fingerprint density at radius 3 is 2.67 bits per heavy atom. The quantitative estimate of drug-likeness (QED) is 0.195. The number of nitrogens with zero attached hydrogens (tertiary/aromatic N) is 2. The van der Waals surface area contributed by atoms with E-state index in [0.29, 0.717) is 18.6 Å². The van der Waals surface area contributed by atoms with Crippen molar-refractivity contribution in [2.24, 2.45) is 4.99 Å². The molecule has 0 radical (unpaired) electrons. The van der Waals surface area contributed by atoms with Crippen LogP contribution < -0.4 is 10.6 Å². The second-order valence-electron chi connectivity index (χ2n) is 6.32. The Balaban J connectivity index is 0.00000529. The molecule has 0 bridgehead atoms. The van der Waals surface area contributed by atoms with Crippen molar-refractivity contribution in [1.82, 2.24) is 15.5 Å². The third-order valence-corrected chi connectivity index (χ3v) is 3.70. The SMILES string of the molecule is C=C(C)CNC(=NCC(=O)N(C)C)NCCCC1CCCCO1.I. The molecular formula is C17H33IN4O2. The predicted molar refractivity (Wildman–Crippen MR) is 110 cm³/mol. The first kappa shape index (κ1) is 23.2. The lowest BCUT2D eigenvalue weighted by molar-refractivity contribution is -0.127. The van der Waals surface area contributed by atoms with Crippen LogP contribution in [0, 0.1) is 0 Å². The van der Waals surface area contributed by atoms with Crippen LogP contribution in [0.1, 0.15) is 39.0 Å². The molecule has 1 unspecified atom stereocenters. The molecule has 0 spiro atoms. The van der Waals surface area contributed by atoms with Gasteiger partial charge in [0.15, 0.2) is 5.96 Å². The van der Waals surface area contributed by atoms with Crippen molar-refractivity contribution in [3.8, 4) is 0 Å². The monoisotopic (exact) mass is 452 g/mol. The molecule has 0 aliphatic carbocycles. The van der Waals surface area contributed by atoms with Gasteiger partial charge in [-0.1, -0.05) is 12.2 Å². The summed E-state index contributed by atoms with van der Waals surface area (Å²) in [5.41, 5.74) is 1.02. The van der Waals surface area contributed by atoms with E-state index in [1.807, 2.05) is 6.92 Å². The first-order valence-electron chi connectivity index (χ1n) is 8.47. The lowest BCUT2D eigenvalue weighted by atomic mass is 10.0. The highest BCUT2D eigenvalue weighted by atomic mass is 127. The summed E-state index contributed by atoms with van der Waals surface area (Å²) < 4.78 is 5.73. The molecule has 7 heteroatoms. The largest absolute Gasteiger partial charge is 0.378 e. The van der Waals surface area contributed by atoms with Gasteiger partial charge in [0.25, 0.3) is 0 Å². The second kappa shape index (κ2) is 13.5. The summed E-state index contributed by atoms with van der Waals surface area (Å²) >= 11 is 0. The van der Waals surface area contributed by atoms with Crippen molar-refractivity contribution < 1.29 is 9.53 Å². The Morgan fingerprint density at radius 2 is 2.08 bits per heavy atom. The summed E-state index contributed by atoms with van der Waals surface area (Å²) in [6.07, 6.45) is 6.14. The van der Waals surface area contributed by atoms with E-state index in [0.717, 1.165) is 31.6 Å². The lowest BCUT2D eigenvalue weighted by Crippen LogP contribution is -2.40. The Morgan fingerprint density at radius 1 is 1.33 bits per heavy atom. The Hall–Kier alpha value is -0.830. The highest BCUT2D eigenvalue weighted by Gasteiger charge is 2.13. The van der Waals surface area contributed by atoms with Crippen LogP contribution in [-0.2, 0) is 9.53 Å². The van der Waals surface area contributed by atoms with E-state index < -0.39 is 0 Å². The summed E-state index contributed by atoms with van der Waals surface area (Å²) in [4.78, 5) is 17.5. The molecule has 1 fully saturated rings.